The number of halogens is 2. The van der Waals surface area contributed by atoms with Gasteiger partial charge in [-0.2, -0.15) is 0 Å². The molecule has 0 aromatic rings. The number of hydrogen-bond donors (Lipinski definition) is 10. The van der Waals surface area contributed by atoms with Crippen molar-refractivity contribution in [2.45, 2.75) is 161 Å². The summed E-state index contributed by atoms with van der Waals surface area (Å²) in [6, 6.07) is -2.18. The highest BCUT2D eigenvalue weighted by Gasteiger charge is 2.49. The van der Waals surface area contributed by atoms with Gasteiger partial charge in [0.15, 0.2) is 0 Å². The fraction of sp³-hybridized carbons (Fsp3) is 0.947. The predicted octanol–water partition coefficient (Wildman–Crippen LogP) is 0.128. The fourth-order valence-electron chi connectivity index (χ4n) is 7.75. The average Bonchev–Trinajstić information content (AvgIpc) is 3.60. The zero-order valence-electron chi connectivity index (χ0n) is 34.6. The molecule has 4 heterocycles. The molecule has 340 valence electrons. The lowest BCUT2D eigenvalue weighted by atomic mass is 9.92. The Balaban J connectivity index is 0.000000310. The minimum Gasteiger partial charge on any atom is -0.388 e. The van der Waals surface area contributed by atoms with E-state index in [1.807, 2.05) is 13.8 Å². The van der Waals surface area contributed by atoms with Crippen LogP contribution in [0.25, 0.3) is 0 Å². The molecule has 2 amide bonds. The van der Waals surface area contributed by atoms with Gasteiger partial charge < -0.3 is 70.9 Å². The molecule has 58 heavy (non-hydrogen) atoms. The maximum absolute atomic E-state index is 12.9. The van der Waals surface area contributed by atoms with Gasteiger partial charge in [-0.25, -0.2) is 0 Å². The minimum absolute atomic E-state index is 0.211. The number of alkyl halides is 2. The Bertz CT molecular complexity index is 1120. The normalized spacial score (nSPS) is 38.1. The number of thioether (sulfide) groups is 2. The molecule has 4 aliphatic rings. The number of carbonyl (C=O) groups excluding carboxylic acids is 2. The molecule has 18 atom stereocenters. The van der Waals surface area contributed by atoms with Crippen LogP contribution in [0.4, 0.5) is 0 Å². The van der Waals surface area contributed by atoms with Crippen molar-refractivity contribution in [1.29, 1.82) is 0 Å². The first-order chi connectivity index (χ1) is 27.6. The summed E-state index contributed by atoms with van der Waals surface area (Å²) in [4.78, 5) is 25.8. The van der Waals surface area contributed by atoms with E-state index in [4.69, 9.17) is 42.1 Å². The summed E-state index contributed by atoms with van der Waals surface area (Å²) < 4.78 is 22.6. The molecule has 0 bridgehead atoms. The second-order valence-corrected chi connectivity index (χ2v) is 18.8. The third-order valence-corrected chi connectivity index (χ3v) is 13.6. The lowest BCUT2D eigenvalue weighted by Crippen LogP contribution is -2.65. The average molecular weight is 910 g/mol. The zero-order chi connectivity index (χ0) is 43.1. The number of aliphatic hydroxyl groups is 6. The van der Waals surface area contributed by atoms with Crippen molar-refractivity contribution in [3.05, 3.63) is 0 Å². The van der Waals surface area contributed by atoms with E-state index < -0.39 is 82.5 Å². The van der Waals surface area contributed by atoms with E-state index in [0.29, 0.717) is 51.1 Å². The topological polar surface area (TPSA) is 241 Å². The van der Waals surface area contributed by atoms with Crippen LogP contribution in [0.5, 0.6) is 0 Å². The van der Waals surface area contributed by atoms with Crippen LogP contribution in [0.2, 0.25) is 0 Å². The molecular formula is C38H70Cl2N4O12S2. The van der Waals surface area contributed by atoms with Gasteiger partial charge in [-0.3, -0.25) is 9.59 Å². The molecule has 0 aromatic heterocycles. The lowest BCUT2D eigenvalue weighted by Gasteiger charge is -2.44. The van der Waals surface area contributed by atoms with Crippen LogP contribution in [0, 0.1) is 11.8 Å². The molecule has 0 aromatic carbocycles. The van der Waals surface area contributed by atoms with Crippen molar-refractivity contribution in [2.24, 2.45) is 11.8 Å². The van der Waals surface area contributed by atoms with Gasteiger partial charge in [0.05, 0.1) is 34.9 Å². The van der Waals surface area contributed by atoms with Crippen LogP contribution < -0.4 is 21.3 Å². The molecule has 4 fully saturated rings. The Morgan fingerprint density at radius 2 is 1.00 bits per heavy atom. The Kier molecular flexibility index (Phi) is 23.7. The Morgan fingerprint density at radius 3 is 1.31 bits per heavy atom. The van der Waals surface area contributed by atoms with Crippen molar-refractivity contribution in [3.63, 3.8) is 0 Å². The van der Waals surface area contributed by atoms with Gasteiger partial charge in [0.2, 0.25) is 11.8 Å². The van der Waals surface area contributed by atoms with Crippen molar-refractivity contribution < 1.29 is 59.2 Å². The maximum Gasteiger partial charge on any atom is 0.237 e. The quantitative estimate of drug-likeness (QED) is 0.0927. The monoisotopic (exact) mass is 908 g/mol. The number of hydrogen-bond acceptors (Lipinski definition) is 16. The fourth-order valence-corrected chi connectivity index (χ4v) is 9.52. The number of ether oxygens (including phenoxy) is 4. The largest absolute Gasteiger partial charge is 0.388 e. The Hall–Kier alpha value is -0.260. The second kappa shape index (κ2) is 26.4. The standard InChI is InChI=1S/2C19H35ClN2O6S/c2*1-4-27-9-11-5-6-12(21-8-7-11)18(26)22-13(10(2)20)17-15(24)14(23)16(25)19(28-17)29-3/h2*10-17,19,21,23-25H,4-9H2,1-3H3,(H,22,26)/t2*10?,11-,12?,13?,14?,15?,16?,17?,19?/m10/s1. The SMILES string of the molecule is CCOC[C@@H]1CCNC(C(=O)NC(C(C)Cl)C2OC(SC)C(O)C(O)C2O)CC1.CCOC[C@H]1CCNC(C(=O)NC(C(C)Cl)C2OC(SC)C(O)C(O)C2O)CC1. The van der Waals surface area contributed by atoms with Crippen LogP contribution in [0.15, 0.2) is 0 Å². The molecule has 10 N–H and O–H groups in total. The smallest absolute Gasteiger partial charge is 0.237 e. The van der Waals surface area contributed by atoms with Gasteiger partial charge in [-0.15, -0.1) is 46.7 Å². The van der Waals surface area contributed by atoms with Gasteiger partial charge >= 0.3 is 0 Å². The zero-order valence-corrected chi connectivity index (χ0v) is 37.7. The lowest BCUT2D eigenvalue weighted by molar-refractivity contribution is -0.205. The van der Waals surface area contributed by atoms with E-state index in [1.165, 1.54) is 23.5 Å². The number of aliphatic hydroxyl groups excluding tert-OH is 6. The summed E-state index contributed by atoms with van der Waals surface area (Å²) in [5.41, 5.74) is -1.44. The first-order valence-corrected chi connectivity index (χ1v) is 24.0. The van der Waals surface area contributed by atoms with Gasteiger partial charge in [0.1, 0.15) is 59.7 Å². The summed E-state index contributed by atoms with van der Waals surface area (Å²) >= 11 is 15.1. The summed E-state index contributed by atoms with van der Waals surface area (Å²) in [5, 5.41) is 72.6. The van der Waals surface area contributed by atoms with Gasteiger partial charge in [-0.1, -0.05) is 0 Å². The van der Waals surface area contributed by atoms with Crippen LogP contribution in [0.1, 0.15) is 66.2 Å². The molecule has 16 unspecified atom stereocenters. The molecule has 0 radical (unpaired) electrons. The number of carbonyl (C=O) groups is 2. The van der Waals surface area contributed by atoms with E-state index in [1.54, 1.807) is 26.4 Å². The van der Waals surface area contributed by atoms with Crippen LogP contribution in [-0.4, -0.2) is 189 Å². The first-order valence-electron chi connectivity index (χ1n) is 20.6. The summed E-state index contributed by atoms with van der Waals surface area (Å²) in [6.07, 6.45) is -1.30. The van der Waals surface area contributed by atoms with Crippen LogP contribution in [0.3, 0.4) is 0 Å². The highest BCUT2D eigenvalue weighted by molar-refractivity contribution is 7.99. The summed E-state index contributed by atoms with van der Waals surface area (Å²) in [5.74, 6) is 0.421. The van der Waals surface area contributed by atoms with Crippen molar-refractivity contribution >= 4 is 58.5 Å². The van der Waals surface area contributed by atoms with E-state index in [-0.39, 0.29) is 23.9 Å². The third-order valence-electron chi connectivity index (χ3n) is 11.4. The van der Waals surface area contributed by atoms with Crippen molar-refractivity contribution in [3.8, 4) is 0 Å². The number of rotatable bonds is 16. The van der Waals surface area contributed by atoms with Gasteiger partial charge in [0.25, 0.3) is 0 Å². The Morgan fingerprint density at radius 1 is 0.638 bits per heavy atom. The molecule has 20 heteroatoms. The van der Waals surface area contributed by atoms with Crippen LogP contribution in [-0.2, 0) is 28.5 Å². The van der Waals surface area contributed by atoms with Gasteiger partial charge in [0, 0.05) is 26.4 Å². The number of nitrogens with one attached hydrogen (secondary N) is 4. The second-order valence-electron chi connectivity index (χ2n) is 15.6. The maximum atomic E-state index is 12.9. The highest BCUT2D eigenvalue weighted by Crippen LogP contribution is 2.32. The van der Waals surface area contributed by atoms with Crippen LogP contribution >= 0.6 is 46.7 Å². The van der Waals surface area contributed by atoms with E-state index in [2.05, 4.69) is 21.3 Å². The summed E-state index contributed by atoms with van der Waals surface area (Å²) in [6.45, 7) is 11.6. The van der Waals surface area contributed by atoms with E-state index in [0.717, 1.165) is 38.8 Å². The molecule has 0 aliphatic carbocycles. The molecule has 0 spiro atoms. The molecule has 16 nitrogen and oxygen atoms in total. The molecule has 4 rings (SSSR count). The predicted molar refractivity (Wildman–Crippen MR) is 226 cm³/mol. The third kappa shape index (κ3) is 14.9. The first kappa shape index (κ1) is 52.1. The van der Waals surface area contributed by atoms with E-state index in [9.17, 15) is 40.2 Å². The highest BCUT2D eigenvalue weighted by atomic mass is 35.5. The molecule has 4 aliphatic heterocycles. The summed E-state index contributed by atoms with van der Waals surface area (Å²) in [7, 11) is 0. The molecule has 0 saturated carbocycles. The Labute approximate surface area is 362 Å². The van der Waals surface area contributed by atoms with Crippen molar-refractivity contribution in [1.82, 2.24) is 21.3 Å². The van der Waals surface area contributed by atoms with E-state index >= 15 is 0 Å². The number of amides is 2. The minimum atomic E-state index is -1.38. The van der Waals surface area contributed by atoms with Crippen molar-refractivity contribution in [2.75, 3.05) is 52.0 Å². The molecular weight excluding hydrogens is 839 g/mol. The van der Waals surface area contributed by atoms with Gasteiger partial charge in [-0.05, 0) is 104 Å². The molecule has 4 saturated heterocycles.